The van der Waals surface area contributed by atoms with Crippen molar-refractivity contribution in [3.8, 4) is 0 Å². The SMILES string of the molecule is CCN(CC)C(=O)c1ccc(NC(=O)CN[C@H](c2ccccc2)c2cccs2)cc1. The molecule has 156 valence electrons. The zero-order valence-electron chi connectivity index (χ0n) is 17.3. The number of anilines is 1. The van der Waals surface area contributed by atoms with Gasteiger partial charge in [-0.15, -0.1) is 11.3 Å². The third-order valence-corrected chi connectivity index (χ3v) is 5.83. The van der Waals surface area contributed by atoms with E-state index in [-0.39, 0.29) is 24.4 Å². The van der Waals surface area contributed by atoms with Gasteiger partial charge >= 0.3 is 0 Å². The molecule has 0 fully saturated rings. The molecule has 6 heteroatoms. The summed E-state index contributed by atoms with van der Waals surface area (Å²) < 4.78 is 0. The minimum absolute atomic E-state index is 0.00111. The standard InChI is InChI=1S/C24H27N3O2S/c1-3-27(4-2)24(29)19-12-14-20(15-13-19)26-22(28)17-25-23(21-11-8-16-30-21)18-9-6-5-7-10-18/h5-16,23,25H,3-4,17H2,1-2H3,(H,26,28)/t23-/m1/s1. The van der Waals surface area contributed by atoms with E-state index in [9.17, 15) is 9.59 Å². The van der Waals surface area contributed by atoms with Crippen LogP contribution in [0.15, 0.2) is 72.1 Å². The van der Waals surface area contributed by atoms with Crippen molar-refractivity contribution < 1.29 is 9.59 Å². The van der Waals surface area contributed by atoms with Gasteiger partial charge in [0.25, 0.3) is 5.91 Å². The largest absolute Gasteiger partial charge is 0.339 e. The summed E-state index contributed by atoms with van der Waals surface area (Å²) in [5.74, 6) is -0.128. The van der Waals surface area contributed by atoms with E-state index in [2.05, 4.69) is 28.8 Å². The Morgan fingerprint density at radius 2 is 1.63 bits per heavy atom. The Labute approximate surface area is 181 Å². The van der Waals surface area contributed by atoms with Gasteiger partial charge in [0.05, 0.1) is 12.6 Å². The van der Waals surface area contributed by atoms with Gasteiger partial charge in [0.2, 0.25) is 5.91 Å². The Morgan fingerprint density at radius 1 is 0.933 bits per heavy atom. The fourth-order valence-corrected chi connectivity index (χ4v) is 4.10. The molecule has 0 saturated carbocycles. The van der Waals surface area contributed by atoms with Crippen molar-refractivity contribution >= 4 is 28.8 Å². The smallest absolute Gasteiger partial charge is 0.253 e. The summed E-state index contributed by atoms with van der Waals surface area (Å²) in [5.41, 5.74) is 2.41. The highest BCUT2D eigenvalue weighted by atomic mass is 32.1. The van der Waals surface area contributed by atoms with E-state index in [1.807, 2.05) is 43.5 Å². The Bertz CT molecular complexity index is 936. The molecule has 30 heavy (non-hydrogen) atoms. The fourth-order valence-electron chi connectivity index (χ4n) is 3.27. The number of nitrogens with one attached hydrogen (secondary N) is 2. The number of thiophene rings is 1. The molecular formula is C24H27N3O2S. The van der Waals surface area contributed by atoms with Crippen LogP contribution in [0, 0.1) is 0 Å². The first kappa shape index (κ1) is 21.7. The first-order valence-corrected chi connectivity index (χ1v) is 11.0. The second kappa shape index (κ2) is 10.7. The molecule has 1 atom stereocenters. The maximum absolute atomic E-state index is 12.5. The van der Waals surface area contributed by atoms with Crippen LogP contribution in [0.3, 0.4) is 0 Å². The fraction of sp³-hybridized carbons (Fsp3) is 0.250. The van der Waals surface area contributed by atoms with Crippen molar-refractivity contribution in [2.45, 2.75) is 19.9 Å². The quantitative estimate of drug-likeness (QED) is 0.533. The van der Waals surface area contributed by atoms with Gasteiger partial charge in [0.15, 0.2) is 0 Å². The number of hydrogen-bond donors (Lipinski definition) is 2. The van der Waals surface area contributed by atoms with Gasteiger partial charge in [0, 0.05) is 29.2 Å². The van der Waals surface area contributed by atoms with Gasteiger partial charge in [-0.2, -0.15) is 0 Å². The molecule has 0 bridgehead atoms. The molecule has 0 spiro atoms. The lowest BCUT2D eigenvalue weighted by Crippen LogP contribution is -2.31. The minimum Gasteiger partial charge on any atom is -0.339 e. The van der Waals surface area contributed by atoms with E-state index in [1.165, 1.54) is 0 Å². The number of hydrogen-bond acceptors (Lipinski definition) is 4. The number of nitrogens with zero attached hydrogens (tertiary/aromatic N) is 1. The molecule has 2 aromatic carbocycles. The predicted molar refractivity (Wildman–Crippen MR) is 123 cm³/mol. The average molecular weight is 422 g/mol. The normalized spacial score (nSPS) is 11.7. The number of rotatable bonds is 9. The van der Waals surface area contributed by atoms with Crippen LogP contribution >= 0.6 is 11.3 Å². The van der Waals surface area contributed by atoms with Gasteiger partial charge < -0.3 is 10.2 Å². The van der Waals surface area contributed by atoms with E-state index in [4.69, 9.17) is 0 Å². The molecule has 2 amide bonds. The minimum atomic E-state index is -0.129. The Hall–Kier alpha value is -2.96. The van der Waals surface area contributed by atoms with E-state index < -0.39 is 0 Å². The summed E-state index contributed by atoms with van der Waals surface area (Å²) >= 11 is 1.66. The molecule has 1 heterocycles. The second-order valence-corrected chi connectivity index (χ2v) is 7.82. The second-order valence-electron chi connectivity index (χ2n) is 6.84. The maximum Gasteiger partial charge on any atom is 0.253 e. The zero-order valence-corrected chi connectivity index (χ0v) is 18.1. The third kappa shape index (κ3) is 5.55. The lowest BCUT2D eigenvalue weighted by Gasteiger charge is -2.19. The summed E-state index contributed by atoms with van der Waals surface area (Å²) in [7, 11) is 0. The highest BCUT2D eigenvalue weighted by Crippen LogP contribution is 2.25. The topological polar surface area (TPSA) is 61.4 Å². The molecule has 1 aromatic heterocycles. The molecule has 2 N–H and O–H groups in total. The monoisotopic (exact) mass is 421 g/mol. The van der Waals surface area contributed by atoms with Crippen LogP contribution in [0.1, 0.15) is 40.7 Å². The summed E-state index contributed by atoms with van der Waals surface area (Å²) in [6, 6.07) is 21.2. The first-order valence-electron chi connectivity index (χ1n) is 10.1. The van der Waals surface area contributed by atoms with Crippen molar-refractivity contribution in [3.05, 3.63) is 88.1 Å². The van der Waals surface area contributed by atoms with Crippen LogP contribution in [0.25, 0.3) is 0 Å². The van der Waals surface area contributed by atoms with Crippen molar-refractivity contribution in [3.63, 3.8) is 0 Å². The Kier molecular flexibility index (Phi) is 7.76. The van der Waals surface area contributed by atoms with Crippen LogP contribution in [0.2, 0.25) is 0 Å². The predicted octanol–water partition coefficient (Wildman–Crippen LogP) is 4.55. The van der Waals surface area contributed by atoms with E-state index >= 15 is 0 Å². The van der Waals surface area contributed by atoms with Gasteiger partial charge in [-0.25, -0.2) is 0 Å². The molecule has 0 unspecified atom stereocenters. The van der Waals surface area contributed by atoms with Gasteiger partial charge in [-0.3, -0.25) is 14.9 Å². The molecule has 0 radical (unpaired) electrons. The average Bonchev–Trinajstić information content (AvgIpc) is 3.30. The summed E-state index contributed by atoms with van der Waals surface area (Å²) in [6.07, 6.45) is 0. The maximum atomic E-state index is 12.5. The van der Waals surface area contributed by atoms with Crippen LogP contribution in [-0.2, 0) is 4.79 Å². The van der Waals surface area contributed by atoms with Crippen molar-refractivity contribution in [2.75, 3.05) is 25.0 Å². The van der Waals surface area contributed by atoms with Gasteiger partial charge in [-0.1, -0.05) is 36.4 Å². The summed E-state index contributed by atoms with van der Waals surface area (Å²) in [5, 5.41) is 8.29. The number of carbonyl (C=O) groups is 2. The van der Waals surface area contributed by atoms with Crippen molar-refractivity contribution in [1.82, 2.24) is 10.2 Å². The van der Waals surface area contributed by atoms with Crippen LogP contribution in [-0.4, -0.2) is 36.3 Å². The van der Waals surface area contributed by atoms with Gasteiger partial charge in [-0.05, 0) is 55.1 Å². The molecule has 0 aliphatic carbocycles. The van der Waals surface area contributed by atoms with Crippen LogP contribution < -0.4 is 10.6 Å². The van der Waals surface area contributed by atoms with Crippen molar-refractivity contribution in [2.24, 2.45) is 0 Å². The highest BCUT2D eigenvalue weighted by molar-refractivity contribution is 7.10. The van der Waals surface area contributed by atoms with E-state index in [1.54, 1.807) is 40.5 Å². The van der Waals surface area contributed by atoms with Crippen LogP contribution in [0.4, 0.5) is 5.69 Å². The van der Waals surface area contributed by atoms with E-state index in [0.29, 0.717) is 24.3 Å². The molecule has 3 aromatic rings. The summed E-state index contributed by atoms with van der Waals surface area (Å²) in [6.45, 7) is 5.44. The molecule has 0 aliphatic heterocycles. The lowest BCUT2D eigenvalue weighted by atomic mass is 10.1. The zero-order chi connectivity index (χ0) is 21.3. The molecule has 0 saturated heterocycles. The van der Waals surface area contributed by atoms with E-state index in [0.717, 1.165) is 10.4 Å². The number of benzene rings is 2. The highest BCUT2D eigenvalue weighted by Gasteiger charge is 2.16. The molecule has 0 aliphatic rings. The lowest BCUT2D eigenvalue weighted by molar-refractivity contribution is -0.115. The van der Waals surface area contributed by atoms with Crippen molar-refractivity contribution in [1.29, 1.82) is 0 Å². The number of amides is 2. The number of carbonyl (C=O) groups excluding carboxylic acids is 2. The molecular weight excluding hydrogens is 394 g/mol. The Morgan fingerprint density at radius 3 is 2.23 bits per heavy atom. The summed E-state index contributed by atoms with van der Waals surface area (Å²) in [4.78, 5) is 27.8. The molecule has 3 rings (SSSR count). The first-order chi connectivity index (χ1) is 14.6. The van der Waals surface area contributed by atoms with Gasteiger partial charge in [0.1, 0.15) is 0 Å². The molecule has 5 nitrogen and oxygen atoms in total. The Balaban J connectivity index is 1.60. The third-order valence-electron chi connectivity index (χ3n) is 4.89. The van der Waals surface area contributed by atoms with Crippen LogP contribution in [0.5, 0.6) is 0 Å².